The van der Waals surface area contributed by atoms with E-state index in [2.05, 4.69) is 15.6 Å². The van der Waals surface area contributed by atoms with E-state index < -0.39 is 23.6 Å². The van der Waals surface area contributed by atoms with Crippen molar-refractivity contribution in [2.24, 2.45) is 5.92 Å². The van der Waals surface area contributed by atoms with Gasteiger partial charge in [0, 0.05) is 23.7 Å². The van der Waals surface area contributed by atoms with Gasteiger partial charge >= 0.3 is 5.97 Å². The first-order valence-electron chi connectivity index (χ1n) is 10.0. The molecule has 2 aromatic carbocycles. The van der Waals surface area contributed by atoms with E-state index in [1.807, 2.05) is 44.2 Å². The first kappa shape index (κ1) is 22.1. The topological polar surface area (TPSA) is 86.1 Å². The van der Waals surface area contributed by atoms with Gasteiger partial charge in [-0.2, -0.15) is 0 Å². The lowest BCUT2D eigenvalue weighted by Crippen LogP contribution is -2.32. The largest absolute Gasteiger partial charge is 0.461 e. The van der Waals surface area contributed by atoms with Crippen LogP contribution in [0.3, 0.4) is 0 Å². The number of ether oxygens (including phenoxy) is 1. The van der Waals surface area contributed by atoms with Gasteiger partial charge in [0.2, 0.25) is 0 Å². The van der Waals surface area contributed by atoms with Gasteiger partial charge in [-0.25, -0.2) is 9.07 Å². The van der Waals surface area contributed by atoms with Crippen LogP contribution in [0.5, 0.6) is 0 Å². The van der Waals surface area contributed by atoms with Crippen LogP contribution in [0.1, 0.15) is 42.7 Å². The van der Waals surface area contributed by atoms with Crippen molar-refractivity contribution < 1.29 is 18.7 Å². The van der Waals surface area contributed by atoms with Gasteiger partial charge in [-0.05, 0) is 37.6 Å². The monoisotopic (exact) mass is 424 g/mol. The van der Waals surface area contributed by atoms with Gasteiger partial charge in [0.1, 0.15) is 12.4 Å². The summed E-state index contributed by atoms with van der Waals surface area (Å²) in [5.41, 5.74) is 2.14. The number of hydrogen-bond donors (Lipinski definition) is 1. The Balaban J connectivity index is 1.62. The Labute approximate surface area is 180 Å². The van der Waals surface area contributed by atoms with Crippen molar-refractivity contribution in [2.45, 2.75) is 33.4 Å². The van der Waals surface area contributed by atoms with E-state index >= 15 is 0 Å². The van der Waals surface area contributed by atoms with E-state index in [-0.39, 0.29) is 24.8 Å². The molecule has 0 aliphatic heterocycles. The van der Waals surface area contributed by atoms with E-state index in [4.69, 9.17) is 4.74 Å². The summed E-state index contributed by atoms with van der Waals surface area (Å²) >= 11 is 0. The molecule has 0 spiro atoms. The average Bonchev–Trinajstić information content (AvgIpc) is 3.26. The number of carbonyl (C=O) groups excluding carboxylic acids is 2. The van der Waals surface area contributed by atoms with Crippen molar-refractivity contribution in [3.8, 4) is 11.3 Å². The zero-order valence-corrected chi connectivity index (χ0v) is 17.7. The molecule has 8 heteroatoms. The second kappa shape index (κ2) is 9.97. The van der Waals surface area contributed by atoms with Crippen LogP contribution in [0.2, 0.25) is 0 Å². The number of carbonyl (C=O) groups is 2. The molecule has 0 bridgehead atoms. The molecule has 0 radical (unpaired) electrons. The number of halogens is 1. The average molecular weight is 424 g/mol. The zero-order valence-electron chi connectivity index (χ0n) is 17.7. The Hall–Kier alpha value is -3.55. The summed E-state index contributed by atoms with van der Waals surface area (Å²) in [5, 5.41) is 10.6. The van der Waals surface area contributed by atoms with Crippen LogP contribution < -0.4 is 5.32 Å². The molecule has 31 heavy (non-hydrogen) atoms. The SMILES string of the molecule is CC(C)n1nncc1-c1cc(F)cc(C(=O)NC[C@@H](C)C(=O)OCc2ccccc2)c1. The molecule has 1 N–H and O–H groups in total. The Bertz CT molecular complexity index is 1050. The Kier molecular flexibility index (Phi) is 7.12. The second-order valence-electron chi connectivity index (χ2n) is 7.59. The summed E-state index contributed by atoms with van der Waals surface area (Å²) in [6.07, 6.45) is 1.53. The number of nitrogens with one attached hydrogen (secondary N) is 1. The number of nitrogens with zero attached hydrogens (tertiary/aromatic N) is 3. The van der Waals surface area contributed by atoms with Crippen LogP contribution in [0.15, 0.2) is 54.7 Å². The maximum atomic E-state index is 14.2. The van der Waals surface area contributed by atoms with E-state index in [1.165, 1.54) is 12.3 Å². The molecule has 7 nitrogen and oxygen atoms in total. The van der Waals surface area contributed by atoms with Crippen molar-refractivity contribution in [1.82, 2.24) is 20.3 Å². The minimum atomic E-state index is -0.549. The quantitative estimate of drug-likeness (QED) is 0.556. The molecule has 1 heterocycles. The number of rotatable bonds is 8. The lowest BCUT2D eigenvalue weighted by atomic mass is 10.1. The molecule has 3 aromatic rings. The molecule has 0 saturated carbocycles. The number of esters is 1. The molecule has 0 saturated heterocycles. The maximum absolute atomic E-state index is 14.2. The summed E-state index contributed by atoms with van der Waals surface area (Å²) in [4.78, 5) is 24.8. The summed E-state index contributed by atoms with van der Waals surface area (Å²) in [6.45, 7) is 5.77. The normalized spacial score (nSPS) is 11.9. The van der Waals surface area contributed by atoms with Gasteiger partial charge in [0.15, 0.2) is 0 Å². The lowest BCUT2D eigenvalue weighted by Gasteiger charge is -2.14. The third-order valence-corrected chi connectivity index (χ3v) is 4.71. The van der Waals surface area contributed by atoms with Crippen molar-refractivity contribution in [3.63, 3.8) is 0 Å². The van der Waals surface area contributed by atoms with E-state index in [0.29, 0.717) is 11.3 Å². The summed E-state index contributed by atoms with van der Waals surface area (Å²) in [5.74, 6) is -2.00. The second-order valence-corrected chi connectivity index (χ2v) is 7.59. The predicted molar refractivity (Wildman–Crippen MR) is 114 cm³/mol. The molecule has 0 aliphatic rings. The van der Waals surface area contributed by atoms with Crippen LogP contribution in [-0.2, 0) is 16.1 Å². The van der Waals surface area contributed by atoms with Crippen LogP contribution in [0.25, 0.3) is 11.3 Å². The fourth-order valence-electron chi connectivity index (χ4n) is 3.00. The van der Waals surface area contributed by atoms with E-state index in [1.54, 1.807) is 17.7 Å². The van der Waals surface area contributed by atoms with Crippen LogP contribution >= 0.6 is 0 Å². The van der Waals surface area contributed by atoms with Gasteiger partial charge in [-0.15, -0.1) is 5.10 Å². The number of aromatic nitrogens is 3. The smallest absolute Gasteiger partial charge is 0.310 e. The highest BCUT2D eigenvalue weighted by Gasteiger charge is 2.18. The number of hydrogen-bond acceptors (Lipinski definition) is 5. The van der Waals surface area contributed by atoms with Gasteiger partial charge in [-0.3, -0.25) is 9.59 Å². The highest BCUT2D eigenvalue weighted by molar-refractivity contribution is 5.95. The Morgan fingerprint density at radius 1 is 1.13 bits per heavy atom. The molecule has 162 valence electrons. The zero-order chi connectivity index (χ0) is 22.4. The molecule has 1 aromatic heterocycles. The maximum Gasteiger partial charge on any atom is 0.310 e. The number of amides is 1. The minimum Gasteiger partial charge on any atom is -0.461 e. The van der Waals surface area contributed by atoms with Gasteiger partial charge in [0.25, 0.3) is 5.91 Å². The third kappa shape index (κ3) is 5.75. The van der Waals surface area contributed by atoms with Crippen molar-refractivity contribution in [3.05, 3.63) is 71.7 Å². The molecule has 0 aliphatic carbocycles. The molecular weight excluding hydrogens is 399 g/mol. The van der Waals surface area contributed by atoms with E-state index in [9.17, 15) is 14.0 Å². The summed E-state index contributed by atoms with van der Waals surface area (Å²) in [7, 11) is 0. The van der Waals surface area contributed by atoms with Crippen molar-refractivity contribution >= 4 is 11.9 Å². The summed E-state index contributed by atoms with van der Waals surface area (Å²) < 4.78 is 21.1. The third-order valence-electron chi connectivity index (χ3n) is 4.71. The van der Waals surface area contributed by atoms with Crippen molar-refractivity contribution in [1.29, 1.82) is 0 Å². The Morgan fingerprint density at radius 2 is 1.87 bits per heavy atom. The molecule has 1 amide bonds. The molecular formula is C23H25FN4O3. The predicted octanol–water partition coefficient (Wildman–Crippen LogP) is 3.77. The molecule has 0 unspecified atom stereocenters. The van der Waals surface area contributed by atoms with Gasteiger partial charge in [-0.1, -0.05) is 42.5 Å². The fraction of sp³-hybridized carbons (Fsp3) is 0.304. The highest BCUT2D eigenvalue weighted by atomic mass is 19.1. The molecule has 0 fully saturated rings. The first-order valence-corrected chi connectivity index (χ1v) is 10.0. The van der Waals surface area contributed by atoms with Gasteiger partial charge < -0.3 is 10.1 Å². The fourth-order valence-corrected chi connectivity index (χ4v) is 3.00. The minimum absolute atomic E-state index is 0.0285. The lowest BCUT2D eigenvalue weighted by molar-refractivity contribution is -0.149. The van der Waals surface area contributed by atoms with Gasteiger partial charge in [0.05, 0.1) is 17.8 Å². The summed E-state index contributed by atoms with van der Waals surface area (Å²) in [6, 6.07) is 13.4. The molecule has 3 rings (SSSR count). The number of benzene rings is 2. The van der Waals surface area contributed by atoms with Crippen LogP contribution in [0, 0.1) is 11.7 Å². The highest BCUT2D eigenvalue weighted by Crippen LogP contribution is 2.23. The van der Waals surface area contributed by atoms with Crippen LogP contribution in [0.4, 0.5) is 4.39 Å². The van der Waals surface area contributed by atoms with E-state index in [0.717, 1.165) is 11.6 Å². The van der Waals surface area contributed by atoms with Crippen molar-refractivity contribution in [2.75, 3.05) is 6.54 Å². The standard InChI is InChI=1S/C23H25FN4O3/c1-15(2)28-21(13-26-27-28)18-9-19(11-20(24)10-18)22(29)25-12-16(3)23(30)31-14-17-7-5-4-6-8-17/h4-11,13,15-16H,12,14H2,1-3H3,(H,25,29)/t16-/m1/s1. The Morgan fingerprint density at radius 3 is 2.58 bits per heavy atom. The first-order chi connectivity index (χ1) is 14.8. The molecule has 1 atom stereocenters. The van der Waals surface area contributed by atoms with Crippen LogP contribution in [-0.4, -0.2) is 33.4 Å².